The predicted molar refractivity (Wildman–Crippen MR) is 88.8 cm³/mol. The van der Waals surface area contributed by atoms with E-state index in [1.54, 1.807) is 18.2 Å². The van der Waals surface area contributed by atoms with E-state index < -0.39 is 11.5 Å². The van der Waals surface area contributed by atoms with Gasteiger partial charge in [0.05, 0.1) is 5.60 Å². The molecule has 136 valence electrons. The molecule has 1 aliphatic carbocycles. The van der Waals surface area contributed by atoms with E-state index in [0.29, 0.717) is 24.5 Å². The summed E-state index contributed by atoms with van der Waals surface area (Å²) in [5, 5.41) is 15.1. The molecule has 1 unspecified atom stereocenters. The lowest BCUT2D eigenvalue weighted by molar-refractivity contribution is -0.0506. The molecular weight excluding hydrogens is 337 g/mol. The highest BCUT2D eigenvalue weighted by atomic mass is 19.1. The van der Waals surface area contributed by atoms with Crippen LogP contribution in [-0.4, -0.2) is 38.1 Å². The number of hydrogen-bond acceptors (Lipinski definition) is 5. The van der Waals surface area contributed by atoms with Crippen molar-refractivity contribution in [1.29, 1.82) is 0 Å². The van der Waals surface area contributed by atoms with E-state index in [4.69, 9.17) is 4.52 Å². The molecule has 2 bridgehead atoms. The third kappa shape index (κ3) is 2.45. The molecular formula is C19H20FN3O3. The molecule has 3 aliphatic rings. The SMILES string of the molecule is O=C(c1cc(C2CC2)on1)N1[C@@H]2CC[C@H]1CC(O)(c1cccnc1F)C2. The minimum Gasteiger partial charge on any atom is -0.385 e. The van der Waals surface area contributed by atoms with Crippen LogP contribution >= 0.6 is 0 Å². The molecule has 26 heavy (non-hydrogen) atoms. The van der Waals surface area contributed by atoms with Gasteiger partial charge in [-0.05, 0) is 31.7 Å². The maximum Gasteiger partial charge on any atom is 0.276 e. The van der Waals surface area contributed by atoms with Crippen LogP contribution in [-0.2, 0) is 5.60 Å². The molecule has 2 aromatic heterocycles. The standard InChI is InChI=1S/C19H20FN3O3/c20-17-14(2-1-7-21-17)19(25)9-12-5-6-13(10-19)23(12)18(24)15-8-16(26-22-15)11-3-4-11/h1-2,7-8,11-13,25H,3-6,9-10H2/t12-,13+,19?. The van der Waals surface area contributed by atoms with Gasteiger partial charge in [-0.25, -0.2) is 4.98 Å². The zero-order chi connectivity index (χ0) is 17.9. The molecule has 4 heterocycles. The van der Waals surface area contributed by atoms with Crippen molar-refractivity contribution in [3.63, 3.8) is 0 Å². The van der Waals surface area contributed by atoms with E-state index in [-0.39, 0.29) is 23.6 Å². The average molecular weight is 357 g/mol. The van der Waals surface area contributed by atoms with Gasteiger partial charge in [0, 0.05) is 48.7 Å². The van der Waals surface area contributed by atoms with Gasteiger partial charge in [0.15, 0.2) is 5.69 Å². The number of nitrogens with zero attached hydrogens (tertiary/aromatic N) is 3. The largest absolute Gasteiger partial charge is 0.385 e. The Balaban J connectivity index is 1.40. The Morgan fingerprint density at radius 3 is 2.65 bits per heavy atom. The summed E-state index contributed by atoms with van der Waals surface area (Å²) in [5.74, 6) is 0.397. The lowest BCUT2D eigenvalue weighted by atomic mass is 9.81. The normalized spacial score (nSPS) is 30.6. The minimum atomic E-state index is -1.29. The summed E-state index contributed by atoms with van der Waals surface area (Å²) < 4.78 is 19.4. The summed E-state index contributed by atoms with van der Waals surface area (Å²) in [7, 11) is 0. The molecule has 2 aliphatic heterocycles. The fourth-order valence-corrected chi connectivity index (χ4v) is 4.59. The fraction of sp³-hybridized carbons (Fsp3) is 0.526. The number of rotatable bonds is 3. The Morgan fingerprint density at radius 2 is 2.00 bits per heavy atom. The van der Waals surface area contributed by atoms with Crippen LogP contribution in [0.2, 0.25) is 0 Å². The lowest BCUT2D eigenvalue weighted by Gasteiger charge is -2.43. The van der Waals surface area contributed by atoms with Crippen molar-refractivity contribution < 1.29 is 18.8 Å². The number of halogens is 1. The van der Waals surface area contributed by atoms with Crippen molar-refractivity contribution in [3.05, 3.63) is 47.4 Å². The number of hydrogen-bond donors (Lipinski definition) is 1. The number of pyridine rings is 1. The molecule has 5 rings (SSSR count). The first kappa shape index (κ1) is 15.9. The molecule has 1 amide bonds. The second-order valence-electron chi connectivity index (χ2n) is 7.77. The van der Waals surface area contributed by atoms with E-state index in [0.717, 1.165) is 31.4 Å². The Morgan fingerprint density at radius 1 is 1.27 bits per heavy atom. The van der Waals surface area contributed by atoms with E-state index >= 15 is 0 Å². The number of carbonyl (C=O) groups is 1. The van der Waals surface area contributed by atoms with E-state index in [2.05, 4.69) is 10.1 Å². The van der Waals surface area contributed by atoms with Crippen molar-refractivity contribution >= 4 is 5.91 Å². The molecule has 3 atom stereocenters. The van der Waals surface area contributed by atoms with Crippen molar-refractivity contribution in [2.45, 2.75) is 62.1 Å². The molecule has 0 aromatic carbocycles. The third-order valence-electron chi connectivity index (χ3n) is 5.99. The van der Waals surface area contributed by atoms with Gasteiger partial charge in [-0.1, -0.05) is 11.2 Å². The van der Waals surface area contributed by atoms with Crippen LogP contribution in [0.1, 0.15) is 66.3 Å². The Kier molecular flexibility index (Phi) is 3.44. The predicted octanol–water partition coefficient (Wildman–Crippen LogP) is 2.74. The van der Waals surface area contributed by atoms with Gasteiger partial charge in [0.25, 0.3) is 5.91 Å². The van der Waals surface area contributed by atoms with Gasteiger partial charge in [-0.3, -0.25) is 4.79 Å². The summed E-state index contributed by atoms with van der Waals surface area (Å²) >= 11 is 0. The van der Waals surface area contributed by atoms with Gasteiger partial charge in [0.1, 0.15) is 5.76 Å². The smallest absolute Gasteiger partial charge is 0.276 e. The maximum atomic E-state index is 14.1. The Labute approximate surface area is 150 Å². The molecule has 1 saturated carbocycles. The third-order valence-corrected chi connectivity index (χ3v) is 5.99. The van der Waals surface area contributed by atoms with Crippen LogP contribution in [0.4, 0.5) is 4.39 Å². The molecule has 7 heteroatoms. The molecule has 2 saturated heterocycles. The van der Waals surface area contributed by atoms with E-state index in [1.807, 2.05) is 4.90 Å². The van der Waals surface area contributed by atoms with Crippen molar-refractivity contribution in [1.82, 2.24) is 15.0 Å². The van der Waals surface area contributed by atoms with Gasteiger partial charge in [0.2, 0.25) is 5.95 Å². The first-order valence-corrected chi connectivity index (χ1v) is 9.18. The molecule has 3 fully saturated rings. The van der Waals surface area contributed by atoms with Crippen molar-refractivity contribution in [3.8, 4) is 0 Å². The van der Waals surface area contributed by atoms with Crippen LogP contribution in [0.5, 0.6) is 0 Å². The summed E-state index contributed by atoms with van der Waals surface area (Å²) in [6.07, 6.45) is 5.76. The summed E-state index contributed by atoms with van der Waals surface area (Å²) in [4.78, 5) is 18.5. The number of amides is 1. The quantitative estimate of drug-likeness (QED) is 0.855. The first-order valence-electron chi connectivity index (χ1n) is 9.18. The number of piperidine rings is 1. The molecule has 6 nitrogen and oxygen atoms in total. The topological polar surface area (TPSA) is 79.5 Å². The van der Waals surface area contributed by atoms with Crippen LogP contribution in [0.15, 0.2) is 28.9 Å². The van der Waals surface area contributed by atoms with Gasteiger partial charge in [-0.2, -0.15) is 4.39 Å². The zero-order valence-electron chi connectivity index (χ0n) is 14.3. The number of fused-ring (bicyclic) bond motifs is 2. The van der Waals surface area contributed by atoms with Crippen LogP contribution in [0.25, 0.3) is 0 Å². The van der Waals surface area contributed by atoms with Crippen molar-refractivity contribution in [2.75, 3.05) is 0 Å². The summed E-state index contributed by atoms with van der Waals surface area (Å²) in [6, 6.07) is 4.70. The molecule has 1 N–H and O–H groups in total. The van der Waals surface area contributed by atoms with Gasteiger partial charge in [-0.15, -0.1) is 0 Å². The molecule has 0 radical (unpaired) electrons. The average Bonchev–Trinajstić information content (AvgIpc) is 3.28. The highest BCUT2D eigenvalue weighted by Gasteiger charge is 2.51. The maximum absolute atomic E-state index is 14.1. The van der Waals surface area contributed by atoms with E-state index in [1.165, 1.54) is 6.20 Å². The van der Waals surface area contributed by atoms with Crippen molar-refractivity contribution in [2.24, 2.45) is 0 Å². The molecule has 2 aromatic rings. The summed E-state index contributed by atoms with van der Waals surface area (Å²) in [6.45, 7) is 0. The second-order valence-corrected chi connectivity index (χ2v) is 7.77. The second kappa shape index (κ2) is 5.61. The zero-order valence-corrected chi connectivity index (χ0v) is 14.3. The molecule has 0 spiro atoms. The van der Waals surface area contributed by atoms with Crippen LogP contribution < -0.4 is 0 Å². The van der Waals surface area contributed by atoms with Crippen LogP contribution in [0, 0.1) is 5.95 Å². The Bertz CT molecular complexity index is 849. The number of carbonyl (C=O) groups excluding carboxylic acids is 1. The minimum absolute atomic E-state index is 0.132. The number of aromatic nitrogens is 2. The fourth-order valence-electron chi connectivity index (χ4n) is 4.59. The van der Waals surface area contributed by atoms with Crippen LogP contribution in [0.3, 0.4) is 0 Å². The number of aliphatic hydroxyl groups is 1. The lowest BCUT2D eigenvalue weighted by Crippen LogP contribution is -2.52. The summed E-state index contributed by atoms with van der Waals surface area (Å²) in [5.41, 5.74) is -0.729. The van der Waals surface area contributed by atoms with E-state index in [9.17, 15) is 14.3 Å². The highest BCUT2D eigenvalue weighted by molar-refractivity contribution is 5.93. The monoisotopic (exact) mass is 357 g/mol. The van der Waals surface area contributed by atoms with Gasteiger partial charge >= 0.3 is 0 Å². The van der Waals surface area contributed by atoms with Gasteiger partial charge < -0.3 is 14.5 Å². The Hall–Kier alpha value is -2.28. The highest BCUT2D eigenvalue weighted by Crippen LogP contribution is 2.47. The first-order chi connectivity index (χ1) is 12.5.